The van der Waals surface area contributed by atoms with Gasteiger partial charge in [-0.3, -0.25) is 4.98 Å². The van der Waals surface area contributed by atoms with Crippen LogP contribution in [0.5, 0.6) is 0 Å². The van der Waals surface area contributed by atoms with Crippen molar-refractivity contribution in [3.05, 3.63) is 41.6 Å². The number of pyridine rings is 1. The average Bonchev–Trinajstić information content (AvgIpc) is 2.45. The summed E-state index contributed by atoms with van der Waals surface area (Å²) in [5.74, 6) is 0. The summed E-state index contributed by atoms with van der Waals surface area (Å²) < 4.78 is 0. The number of aromatic nitrogens is 1. The van der Waals surface area contributed by atoms with Crippen LogP contribution in [0.25, 0.3) is 10.9 Å². The van der Waals surface area contributed by atoms with Crippen LogP contribution in [-0.4, -0.2) is 17.6 Å². The molecular formula is C18H26N2. The minimum absolute atomic E-state index is 0.548. The molecule has 1 heterocycles. The van der Waals surface area contributed by atoms with E-state index in [-0.39, 0.29) is 0 Å². The number of aryl methyl sites for hydroxylation is 1. The predicted molar refractivity (Wildman–Crippen MR) is 87.2 cm³/mol. The number of fused-ring (bicyclic) bond motifs is 1. The highest BCUT2D eigenvalue weighted by molar-refractivity contribution is 5.79. The topological polar surface area (TPSA) is 24.9 Å². The summed E-state index contributed by atoms with van der Waals surface area (Å²) in [4.78, 5) is 4.86. The van der Waals surface area contributed by atoms with Gasteiger partial charge in [0.25, 0.3) is 0 Å². The van der Waals surface area contributed by atoms with Crippen molar-refractivity contribution in [1.82, 2.24) is 10.3 Å². The molecule has 2 rings (SSSR count). The van der Waals surface area contributed by atoms with Gasteiger partial charge < -0.3 is 5.32 Å². The Labute approximate surface area is 122 Å². The van der Waals surface area contributed by atoms with Crippen molar-refractivity contribution in [3.8, 4) is 0 Å². The molecule has 1 atom stereocenters. The SMILES string of the molecule is CCCNC(CCC)Cc1nc2ccccc2cc1C. The average molecular weight is 270 g/mol. The number of rotatable bonds is 7. The summed E-state index contributed by atoms with van der Waals surface area (Å²) in [5, 5.41) is 4.89. The Morgan fingerprint density at radius 3 is 2.70 bits per heavy atom. The lowest BCUT2D eigenvalue weighted by Crippen LogP contribution is -2.32. The van der Waals surface area contributed by atoms with E-state index in [1.807, 2.05) is 0 Å². The molecule has 2 heteroatoms. The lowest BCUT2D eigenvalue weighted by Gasteiger charge is -2.18. The van der Waals surface area contributed by atoms with E-state index in [1.54, 1.807) is 0 Å². The van der Waals surface area contributed by atoms with Crippen molar-refractivity contribution >= 4 is 10.9 Å². The largest absolute Gasteiger partial charge is 0.314 e. The van der Waals surface area contributed by atoms with Crippen molar-refractivity contribution < 1.29 is 0 Å². The fourth-order valence-corrected chi connectivity index (χ4v) is 2.67. The van der Waals surface area contributed by atoms with E-state index < -0.39 is 0 Å². The van der Waals surface area contributed by atoms with Gasteiger partial charge in [-0.1, -0.05) is 38.5 Å². The molecule has 0 saturated carbocycles. The molecule has 0 bridgehead atoms. The third kappa shape index (κ3) is 3.80. The number of nitrogens with one attached hydrogen (secondary N) is 1. The summed E-state index contributed by atoms with van der Waals surface area (Å²) in [7, 11) is 0. The van der Waals surface area contributed by atoms with Gasteiger partial charge >= 0.3 is 0 Å². The minimum atomic E-state index is 0.548. The summed E-state index contributed by atoms with van der Waals surface area (Å²) >= 11 is 0. The molecule has 2 aromatic rings. The standard InChI is InChI=1S/C18H26N2/c1-4-8-16(19-11-5-2)13-18-14(3)12-15-9-6-7-10-17(15)20-18/h6-7,9-10,12,16,19H,4-5,8,11,13H2,1-3H3. The van der Waals surface area contributed by atoms with E-state index in [1.165, 1.54) is 35.9 Å². The van der Waals surface area contributed by atoms with Gasteiger partial charge in [-0.2, -0.15) is 0 Å². The number of benzene rings is 1. The molecular weight excluding hydrogens is 244 g/mol. The molecule has 0 aliphatic carbocycles. The molecule has 0 aliphatic heterocycles. The van der Waals surface area contributed by atoms with E-state index in [2.05, 4.69) is 56.4 Å². The third-order valence-corrected chi connectivity index (χ3v) is 3.78. The zero-order valence-electron chi connectivity index (χ0n) is 12.9. The normalized spacial score (nSPS) is 12.8. The molecule has 0 amide bonds. The molecule has 0 radical (unpaired) electrons. The summed E-state index contributed by atoms with van der Waals surface area (Å²) in [5.41, 5.74) is 3.66. The van der Waals surface area contributed by atoms with Gasteiger partial charge in [0.2, 0.25) is 0 Å². The van der Waals surface area contributed by atoms with E-state index in [4.69, 9.17) is 4.98 Å². The van der Waals surface area contributed by atoms with E-state index in [0.29, 0.717) is 6.04 Å². The fraction of sp³-hybridized carbons (Fsp3) is 0.500. The van der Waals surface area contributed by atoms with Gasteiger partial charge in [-0.25, -0.2) is 0 Å². The van der Waals surface area contributed by atoms with Crippen molar-refractivity contribution in [3.63, 3.8) is 0 Å². The Hall–Kier alpha value is -1.41. The fourth-order valence-electron chi connectivity index (χ4n) is 2.67. The second kappa shape index (κ2) is 7.39. The predicted octanol–water partition coefficient (Wildman–Crippen LogP) is 4.25. The lowest BCUT2D eigenvalue weighted by molar-refractivity contribution is 0.469. The first kappa shape index (κ1) is 15.0. The van der Waals surface area contributed by atoms with Gasteiger partial charge in [0, 0.05) is 23.5 Å². The van der Waals surface area contributed by atoms with Crippen LogP contribution in [0, 0.1) is 6.92 Å². The van der Waals surface area contributed by atoms with Gasteiger partial charge in [0.15, 0.2) is 0 Å². The highest BCUT2D eigenvalue weighted by Gasteiger charge is 2.11. The van der Waals surface area contributed by atoms with E-state index >= 15 is 0 Å². The Morgan fingerprint density at radius 1 is 1.15 bits per heavy atom. The molecule has 1 unspecified atom stereocenters. The molecule has 0 saturated heterocycles. The first-order valence-corrected chi connectivity index (χ1v) is 7.83. The maximum Gasteiger partial charge on any atom is 0.0705 e. The second-order valence-electron chi connectivity index (χ2n) is 5.59. The molecule has 2 nitrogen and oxygen atoms in total. The maximum absolute atomic E-state index is 4.86. The van der Waals surface area contributed by atoms with Crippen LogP contribution < -0.4 is 5.32 Å². The van der Waals surface area contributed by atoms with Crippen LogP contribution in [0.4, 0.5) is 0 Å². The van der Waals surface area contributed by atoms with Crippen molar-refractivity contribution in [2.75, 3.05) is 6.54 Å². The van der Waals surface area contributed by atoms with Gasteiger partial charge in [0.05, 0.1) is 5.52 Å². The Balaban J connectivity index is 2.19. The molecule has 0 fully saturated rings. The Morgan fingerprint density at radius 2 is 1.95 bits per heavy atom. The summed E-state index contributed by atoms with van der Waals surface area (Å²) in [6.45, 7) is 7.74. The minimum Gasteiger partial charge on any atom is -0.314 e. The maximum atomic E-state index is 4.86. The summed E-state index contributed by atoms with van der Waals surface area (Å²) in [6.07, 6.45) is 4.65. The van der Waals surface area contributed by atoms with Crippen LogP contribution in [0.2, 0.25) is 0 Å². The number of hydrogen-bond donors (Lipinski definition) is 1. The van der Waals surface area contributed by atoms with Gasteiger partial charge in [-0.05, 0) is 44.0 Å². The Kier molecular flexibility index (Phi) is 5.54. The third-order valence-electron chi connectivity index (χ3n) is 3.78. The van der Waals surface area contributed by atoms with Crippen molar-refractivity contribution in [1.29, 1.82) is 0 Å². The Bertz CT molecular complexity index is 548. The highest BCUT2D eigenvalue weighted by Crippen LogP contribution is 2.18. The smallest absolute Gasteiger partial charge is 0.0705 e. The first-order valence-electron chi connectivity index (χ1n) is 7.83. The zero-order chi connectivity index (χ0) is 14.4. The van der Waals surface area contributed by atoms with Crippen molar-refractivity contribution in [2.45, 2.75) is 52.5 Å². The molecule has 1 N–H and O–H groups in total. The van der Waals surface area contributed by atoms with Crippen molar-refractivity contribution in [2.24, 2.45) is 0 Å². The zero-order valence-corrected chi connectivity index (χ0v) is 12.9. The molecule has 0 spiro atoms. The molecule has 1 aromatic carbocycles. The number of hydrogen-bond acceptors (Lipinski definition) is 2. The van der Waals surface area contributed by atoms with Crippen LogP contribution in [0.15, 0.2) is 30.3 Å². The molecule has 20 heavy (non-hydrogen) atoms. The van der Waals surface area contributed by atoms with Crippen LogP contribution in [0.1, 0.15) is 44.4 Å². The quantitative estimate of drug-likeness (QED) is 0.813. The van der Waals surface area contributed by atoms with Crippen LogP contribution in [0.3, 0.4) is 0 Å². The van der Waals surface area contributed by atoms with Crippen LogP contribution in [-0.2, 0) is 6.42 Å². The number of para-hydroxylation sites is 1. The van der Waals surface area contributed by atoms with Crippen LogP contribution >= 0.6 is 0 Å². The van der Waals surface area contributed by atoms with E-state index in [0.717, 1.165) is 18.5 Å². The van der Waals surface area contributed by atoms with Gasteiger partial charge in [-0.15, -0.1) is 0 Å². The monoisotopic (exact) mass is 270 g/mol. The highest BCUT2D eigenvalue weighted by atomic mass is 14.9. The molecule has 108 valence electrons. The first-order chi connectivity index (χ1) is 9.74. The van der Waals surface area contributed by atoms with E-state index in [9.17, 15) is 0 Å². The lowest BCUT2D eigenvalue weighted by atomic mass is 10.0. The summed E-state index contributed by atoms with van der Waals surface area (Å²) in [6, 6.07) is 11.2. The van der Waals surface area contributed by atoms with Gasteiger partial charge in [0.1, 0.15) is 0 Å². The molecule has 1 aromatic heterocycles. The second-order valence-corrected chi connectivity index (χ2v) is 5.59. The number of nitrogens with zero attached hydrogens (tertiary/aromatic N) is 1. The molecule has 0 aliphatic rings.